The van der Waals surface area contributed by atoms with Crippen molar-refractivity contribution in [3.63, 3.8) is 0 Å². The predicted molar refractivity (Wildman–Crippen MR) is 87.0 cm³/mol. The van der Waals surface area contributed by atoms with E-state index in [1.807, 2.05) is 19.1 Å². The molecule has 4 heteroatoms. The Labute approximate surface area is 121 Å². The summed E-state index contributed by atoms with van der Waals surface area (Å²) in [6.07, 6.45) is 6.41. The van der Waals surface area contributed by atoms with E-state index in [4.69, 9.17) is 0 Å². The van der Waals surface area contributed by atoms with Gasteiger partial charge in [-0.3, -0.25) is 15.9 Å². The van der Waals surface area contributed by atoms with Crippen LogP contribution in [-0.4, -0.2) is 50.3 Å². The Morgan fingerprint density at radius 1 is 0.737 bits per heavy atom. The number of nitrogens with one attached hydrogen (secondary N) is 2. The highest BCUT2D eigenvalue weighted by Crippen LogP contribution is 1.95. The van der Waals surface area contributed by atoms with Gasteiger partial charge >= 0.3 is 0 Å². The monoisotopic (exact) mass is 274 g/mol. The zero-order valence-electron chi connectivity index (χ0n) is 14.3. The lowest BCUT2D eigenvalue weighted by atomic mass is 10.3. The minimum Gasteiger partial charge on any atom is -0.256 e. The second-order valence-corrected chi connectivity index (χ2v) is 5.01. The molecule has 0 aliphatic rings. The fraction of sp³-hybridized carbons (Fsp3) is 1.00. The summed E-state index contributed by atoms with van der Waals surface area (Å²) in [5, 5.41) is 4.32. The van der Waals surface area contributed by atoms with Gasteiger partial charge in [0.1, 0.15) is 0 Å². The van der Waals surface area contributed by atoms with Crippen molar-refractivity contribution in [3.05, 3.63) is 0 Å². The molecule has 0 saturated heterocycles. The third-order valence-electron chi connectivity index (χ3n) is 2.62. The van der Waals surface area contributed by atoms with Crippen molar-refractivity contribution in [3.8, 4) is 0 Å². The smallest absolute Gasteiger partial charge is 0.0130 e. The van der Waals surface area contributed by atoms with Crippen LogP contribution in [0.2, 0.25) is 0 Å². The summed E-state index contributed by atoms with van der Waals surface area (Å²) in [4.78, 5) is 0. The molecule has 0 bridgehead atoms. The summed E-state index contributed by atoms with van der Waals surface area (Å²) in [5.41, 5.74) is 6.51. The average molecular weight is 274 g/mol. The van der Waals surface area contributed by atoms with Crippen LogP contribution in [0.15, 0.2) is 0 Å². The first-order valence-electron chi connectivity index (χ1n) is 8.01. The molecule has 4 nitrogen and oxygen atoms in total. The third-order valence-corrected chi connectivity index (χ3v) is 2.62. The van der Waals surface area contributed by atoms with E-state index < -0.39 is 0 Å². The van der Waals surface area contributed by atoms with E-state index in [0.29, 0.717) is 0 Å². The lowest BCUT2D eigenvalue weighted by molar-refractivity contribution is 0.182. The summed E-state index contributed by atoms with van der Waals surface area (Å²) >= 11 is 0. The van der Waals surface area contributed by atoms with Crippen LogP contribution >= 0.6 is 0 Å². The summed E-state index contributed by atoms with van der Waals surface area (Å²) in [6.45, 7) is 13.3. The van der Waals surface area contributed by atoms with E-state index in [9.17, 15) is 0 Å². The van der Waals surface area contributed by atoms with Crippen molar-refractivity contribution in [1.82, 2.24) is 20.9 Å². The van der Waals surface area contributed by atoms with Gasteiger partial charge in [-0.15, -0.1) is 0 Å². The second-order valence-electron chi connectivity index (χ2n) is 5.01. The number of hydrazine groups is 2. The minimum atomic E-state index is 1.01. The maximum Gasteiger partial charge on any atom is 0.0130 e. The van der Waals surface area contributed by atoms with E-state index in [2.05, 4.69) is 43.6 Å². The van der Waals surface area contributed by atoms with Crippen LogP contribution in [0.3, 0.4) is 0 Å². The van der Waals surface area contributed by atoms with E-state index in [1.165, 1.54) is 45.2 Å². The Kier molecular flexibility index (Phi) is 19.9. The predicted octanol–water partition coefficient (Wildman–Crippen LogP) is 2.88. The highest BCUT2D eigenvalue weighted by Gasteiger charge is 2.00. The highest BCUT2D eigenvalue weighted by molar-refractivity contribution is 4.52. The second kappa shape index (κ2) is 17.8. The molecule has 0 aliphatic carbocycles. The average Bonchev–Trinajstić information content (AvgIpc) is 2.38. The molecule has 0 aromatic heterocycles. The molecule has 0 aromatic rings. The molecule has 0 aliphatic heterocycles. The molecule has 19 heavy (non-hydrogen) atoms. The molecule has 118 valence electrons. The Hall–Kier alpha value is -0.160. The lowest BCUT2D eigenvalue weighted by Crippen LogP contribution is -2.39. The van der Waals surface area contributed by atoms with E-state index >= 15 is 0 Å². The number of hydrogen-bond acceptors (Lipinski definition) is 4. The quantitative estimate of drug-likeness (QED) is 0.567. The van der Waals surface area contributed by atoms with Gasteiger partial charge < -0.3 is 0 Å². The maximum atomic E-state index is 3.47. The number of rotatable bonds is 11. The molecule has 0 radical (unpaired) electrons. The fourth-order valence-corrected chi connectivity index (χ4v) is 1.55. The van der Waals surface area contributed by atoms with Gasteiger partial charge in [0, 0.05) is 40.3 Å². The molecule has 0 fully saturated rings. The molecule has 0 amide bonds. The van der Waals surface area contributed by atoms with Crippen LogP contribution in [0.25, 0.3) is 0 Å². The molecule has 0 unspecified atom stereocenters. The van der Waals surface area contributed by atoms with Gasteiger partial charge in [-0.25, -0.2) is 5.01 Å². The van der Waals surface area contributed by atoms with Gasteiger partial charge in [0.2, 0.25) is 0 Å². The molecule has 0 heterocycles. The van der Waals surface area contributed by atoms with Gasteiger partial charge in [0.05, 0.1) is 0 Å². The zero-order chi connectivity index (χ0) is 14.9. The highest BCUT2D eigenvalue weighted by atomic mass is 15.5. The van der Waals surface area contributed by atoms with Crippen LogP contribution in [0.1, 0.15) is 59.8 Å². The Morgan fingerprint density at radius 2 is 1.26 bits per heavy atom. The first-order chi connectivity index (χ1) is 9.12. The van der Waals surface area contributed by atoms with Crippen LogP contribution in [0.5, 0.6) is 0 Å². The standard InChI is InChI=1S/C11H26N2.C4H12N2/c1-4-7-10-13(11-8-5-2)12-9-6-3;1-4-5-6(2)3/h12H,4-11H2,1-3H3;5H,4H2,1-3H3. The first kappa shape index (κ1) is 21.1. The molecule has 0 aromatic carbocycles. The first-order valence-corrected chi connectivity index (χ1v) is 8.01. The van der Waals surface area contributed by atoms with E-state index in [1.54, 1.807) is 0 Å². The summed E-state index contributed by atoms with van der Waals surface area (Å²) < 4.78 is 0. The van der Waals surface area contributed by atoms with Gasteiger partial charge in [-0.05, 0) is 19.3 Å². The van der Waals surface area contributed by atoms with Crippen molar-refractivity contribution >= 4 is 0 Å². The topological polar surface area (TPSA) is 30.5 Å². The SMILES string of the molecule is CCCCN(CCCC)NCCC.CCNN(C)C. The van der Waals surface area contributed by atoms with Crippen molar-refractivity contribution in [2.24, 2.45) is 0 Å². The third kappa shape index (κ3) is 20.3. The number of unbranched alkanes of at least 4 members (excludes halogenated alkanes) is 2. The summed E-state index contributed by atoms with van der Waals surface area (Å²) in [5.74, 6) is 0. The van der Waals surface area contributed by atoms with Gasteiger partial charge in [-0.2, -0.15) is 0 Å². The number of hydrogen-bond donors (Lipinski definition) is 2. The number of nitrogens with zero attached hydrogens (tertiary/aromatic N) is 2. The molecule has 0 atom stereocenters. The Morgan fingerprint density at radius 3 is 1.53 bits per heavy atom. The van der Waals surface area contributed by atoms with Crippen molar-refractivity contribution in [2.75, 3.05) is 40.3 Å². The van der Waals surface area contributed by atoms with Crippen LogP contribution in [-0.2, 0) is 0 Å². The van der Waals surface area contributed by atoms with Crippen molar-refractivity contribution in [2.45, 2.75) is 59.8 Å². The van der Waals surface area contributed by atoms with E-state index in [-0.39, 0.29) is 0 Å². The molecule has 2 N–H and O–H groups in total. The van der Waals surface area contributed by atoms with Crippen LogP contribution < -0.4 is 10.9 Å². The molecule has 0 saturated carbocycles. The largest absolute Gasteiger partial charge is 0.256 e. The molecular formula is C15H38N4. The summed E-state index contributed by atoms with van der Waals surface area (Å²) in [6, 6.07) is 0. The van der Waals surface area contributed by atoms with Crippen molar-refractivity contribution < 1.29 is 0 Å². The lowest BCUT2D eigenvalue weighted by Gasteiger charge is -2.22. The Bertz CT molecular complexity index is 132. The molecule has 0 rings (SSSR count). The van der Waals surface area contributed by atoms with Gasteiger partial charge in [0.15, 0.2) is 0 Å². The van der Waals surface area contributed by atoms with Crippen molar-refractivity contribution in [1.29, 1.82) is 0 Å². The Balaban J connectivity index is 0. The summed E-state index contributed by atoms with van der Waals surface area (Å²) in [7, 11) is 3.95. The normalized spacial score (nSPS) is 10.7. The minimum absolute atomic E-state index is 1.01. The molecular weight excluding hydrogens is 236 g/mol. The van der Waals surface area contributed by atoms with Crippen LogP contribution in [0, 0.1) is 0 Å². The van der Waals surface area contributed by atoms with E-state index in [0.717, 1.165) is 13.1 Å². The molecule has 0 spiro atoms. The maximum absolute atomic E-state index is 3.47. The van der Waals surface area contributed by atoms with Crippen LogP contribution in [0.4, 0.5) is 0 Å². The fourth-order valence-electron chi connectivity index (χ4n) is 1.55. The van der Waals surface area contributed by atoms with Gasteiger partial charge in [0.25, 0.3) is 0 Å². The van der Waals surface area contributed by atoms with Gasteiger partial charge in [-0.1, -0.05) is 40.5 Å². The zero-order valence-corrected chi connectivity index (χ0v) is 14.3.